The molecule has 8 nitrogen and oxygen atoms in total. The van der Waals surface area contributed by atoms with E-state index < -0.39 is 5.92 Å². The van der Waals surface area contributed by atoms with Gasteiger partial charge in [0.1, 0.15) is 12.1 Å². The van der Waals surface area contributed by atoms with Gasteiger partial charge in [0, 0.05) is 6.42 Å². The Hall–Kier alpha value is -2.90. The van der Waals surface area contributed by atoms with Crippen LogP contribution in [-0.4, -0.2) is 33.7 Å². The van der Waals surface area contributed by atoms with Crippen LogP contribution in [0.15, 0.2) is 24.5 Å². The highest BCUT2D eigenvalue weighted by Gasteiger charge is 2.29. The second kappa shape index (κ2) is 6.07. The fraction of sp³-hybridized carbons (Fsp3) is 0.333. The van der Waals surface area contributed by atoms with Gasteiger partial charge in [0.15, 0.2) is 0 Å². The summed E-state index contributed by atoms with van der Waals surface area (Å²) in [5.41, 5.74) is 1.60. The van der Waals surface area contributed by atoms with Gasteiger partial charge in [-0.15, -0.1) is 0 Å². The number of fused-ring (bicyclic) bond motifs is 1. The zero-order chi connectivity index (χ0) is 16.4. The number of hydrogen-bond donors (Lipinski definition) is 2. The highest BCUT2D eigenvalue weighted by atomic mass is 16.5. The summed E-state index contributed by atoms with van der Waals surface area (Å²) >= 11 is 0. The van der Waals surface area contributed by atoms with Gasteiger partial charge in [-0.05, 0) is 24.6 Å². The van der Waals surface area contributed by atoms with Crippen LogP contribution in [0.2, 0.25) is 0 Å². The van der Waals surface area contributed by atoms with Crippen LogP contribution in [-0.2, 0) is 16.1 Å². The number of anilines is 2. The summed E-state index contributed by atoms with van der Waals surface area (Å²) in [7, 11) is 1.54. The Balaban J connectivity index is 1.68. The number of aromatic nitrogens is 3. The Kier molecular flexibility index (Phi) is 3.96. The third-order valence-electron chi connectivity index (χ3n) is 3.68. The number of carbonyl (C=O) groups excluding carboxylic acids is 2. The molecule has 1 aromatic carbocycles. The first-order valence-corrected chi connectivity index (χ1v) is 7.20. The van der Waals surface area contributed by atoms with Crippen LogP contribution in [0.1, 0.15) is 12.0 Å². The molecule has 1 aliphatic heterocycles. The Labute approximate surface area is 132 Å². The molecule has 0 bridgehead atoms. The Morgan fingerprint density at radius 1 is 1.52 bits per heavy atom. The molecule has 2 heterocycles. The van der Waals surface area contributed by atoms with Gasteiger partial charge in [-0.2, -0.15) is 10.1 Å². The molecule has 3 rings (SSSR count). The number of aryl methyl sites for hydroxylation is 1. The third kappa shape index (κ3) is 3.15. The summed E-state index contributed by atoms with van der Waals surface area (Å²) in [4.78, 5) is 28.2. The highest BCUT2D eigenvalue weighted by molar-refractivity contribution is 5.98. The molecule has 2 amide bonds. The van der Waals surface area contributed by atoms with Gasteiger partial charge in [-0.25, -0.2) is 4.68 Å². The molecule has 2 N–H and O–H groups in total. The quantitative estimate of drug-likeness (QED) is 0.883. The van der Waals surface area contributed by atoms with Crippen LogP contribution in [0.5, 0.6) is 5.75 Å². The third-order valence-corrected chi connectivity index (χ3v) is 3.68. The largest absolute Gasteiger partial charge is 0.495 e. The number of nitrogens with zero attached hydrogens (tertiary/aromatic N) is 3. The summed E-state index contributed by atoms with van der Waals surface area (Å²) in [6.07, 6.45) is 1.43. The van der Waals surface area contributed by atoms with Crippen molar-refractivity contribution >= 4 is 23.5 Å². The zero-order valence-corrected chi connectivity index (χ0v) is 12.9. The number of ether oxygens (including phenoxy) is 1. The van der Waals surface area contributed by atoms with Gasteiger partial charge in [-0.1, -0.05) is 6.07 Å². The van der Waals surface area contributed by atoms with E-state index in [9.17, 15) is 9.59 Å². The first-order chi connectivity index (χ1) is 11.1. The van der Waals surface area contributed by atoms with Crippen molar-refractivity contribution in [2.24, 2.45) is 5.92 Å². The van der Waals surface area contributed by atoms with Crippen LogP contribution in [0, 0.1) is 12.8 Å². The van der Waals surface area contributed by atoms with E-state index in [0.717, 1.165) is 5.56 Å². The minimum atomic E-state index is -0.486. The van der Waals surface area contributed by atoms with Gasteiger partial charge in [0.25, 0.3) is 0 Å². The van der Waals surface area contributed by atoms with E-state index in [2.05, 4.69) is 20.7 Å². The minimum absolute atomic E-state index is 0.0578. The predicted molar refractivity (Wildman–Crippen MR) is 83.1 cm³/mol. The molecule has 0 unspecified atom stereocenters. The molecule has 1 atom stereocenters. The molecule has 23 heavy (non-hydrogen) atoms. The predicted octanol–water partition coefficient (Wildman–Crippen LogP) is 1.19. The number of carbonyl (C=O) groups is 2. The van der Waals surface area contributed by atoms with Gasteiger partial charge in [0.05, 0.1) is 25.3 Å². The first kappa shape index (κ1) is 15.0. The van der Waals surface area contributed by atoms with E-state index in [-0.39, 0.29) is 18.2 Å². The molecule has 0 fully saturated rings. The molecular formula is C15H17N5O3. The summed E-state index contributed by atoms with van der Waals surface area (Å²) in [6.45, 7) is 2.26. The summed E-state index contributed by atoms with van der Waals surface area (Å²) < 4.78 is 6.81. The Morgan fingerprint density at radius 2 is 2.35 bits per heavy atom. The molecule has 1 aromatic heterocycles. The van der Waals surface area contributed by atoms with Gasteiger partial charge in [0.2, 0.25) is 17.8 Å². The van der Waals surface area contributed by atoms with Crippen molar-refractivity contribution in [3.63, 3.8) is 0 Å². The van der Waals surface area contributed by atoms with Crippen molar-refractivity contribution < 1.29 is 14.3 Å². The van der Waals surface area contributed by atoms with E-state index in [4.69, 9.17) is 4.74 Å². The fourth-order valence-corrected chi connectivity index (χ4v) is 2.50. The smallest absolute Gasteiger partial charge is 0.232 e. The molecule has 0 aliphatic carbocycles. The van der Waals surface area contributed by atoms with E-state index in [1.807, 2.05) is 19.1 Å². The lowest BCUT2D eigenvalue weighted by Crippen LogP contribution is -2.36. The van der Waals surface area contributed by atoms with E-state index in [1.54, 1.807) is 17.9 Å². The van der Waals surface area contributed by atoms with Crippen molar-refractivity contribution in [2.75, 3.05) is 17.7 Å². The first-order valence-electron chi connectivity index (χ1n) is 7.20. The van der Waals surface area contributed by atoms with Crippen molar-refractivity contribution in [1.29, 1.82) is 0 Å². The number of rotatable bonds is 4. The molecule has 0 spiro atoms. The fourth-order valence-electron chi connectivity index (χ4n) is 2.50. The van der Waals surface area contributed by atoms with E-state index in [1.165, 1.54) is 6.33 Å². The summed E-state index contributed by atoms with van der Waals surface area (Å²) in [6, 6.07) is 5.52. The minimum Gasteiger partial charge on any atom is -0.495 e. The molecule has 0 radical (unpaired) electrons. The van der Waals surface area contributed by atoms with E-state index >= 15 is 0 Å². The van der Waals surface area contributed by atoms with Crippen molar-refractivity contribution in [3.05, 3.63) is 30.1 Å². The van der Waals surface area contributed by atoms with Crippen molar-refractivity contribution in [2.45, 2.75) is 19.9 Å². The van der Waals surface area contributed by atoms with Crippen LogP contribution in [0.3, 0.4) is 0 Å². The molecule has 0 saturated heterocycles. The van der Waals surface area contributed by atoms with Gasteiger partial charge < -0.3 is 10.1 Å². The summed E-state index contributed by atoms with van der Waals surface area (Å²) in [5.74, 6) is 0.0251. The van der Waals surface area contributed by atoms with Crippen LogP contribution in [0.25, 0.3) is 0 Å². The average molecular weight is 315 g/mol. The molecule has 2 aromatic rings. The number of hydrogen-bond acceptors (Lipinski definition) is 5. The molecule has 0 saturated carbocycles. The van der Waals surface area contributed by atoms with Crippen LogP contribution >= 0.6 is 0 Å². The maximum Gasteiger partial charge on any atom is 0.232 e. The lowest BCUT2D eigenvalue weighted by molar-refractivity contribution is -0.126. The second-order valence-corrected chi connectivity index (χ2v) is 5.41. The van der Waals surface area contributed by atoms with E-state index in [0.29, 0.717) is 23.9 Å². The van der Waals surface area contributed by atoms with Crippen LogP contribution < -0.4 is 15.4 Å². The molecule has 8 heteroatoms. The normalized spacial score (nSPS) is 16.4. The molecule has 1 aliphatic rings. The van der Waals surface area contributed by atoms with Gasteiger partial charge >= 0.3 is 0 Å². The summed E-state index contributed by atoms with van der Waals surface area (Å²) in [5, 5.41) is 9.45. The lowest BCUT2D eigenvalue weighted by Gasteiger charge is -2.22. The number of methoxy groups -OCH3 is 1. The molecular weight excluding hydrogens is 298 g/mol. The SMILES string of the molecule is COc1ccc(C)cc1NC(=O)C[C@@H]1Cn2ncnc2NC1=O. The number of nitrogens with one attached hydrogen (secondary N) is 2. The number of benzene rings is 1. The maximum atomic E-state index is 12.3. The maximum absolute atomic E-state index is 12.3. The van der Waals surface area contributed by atoms with Crippen LogP contribution in [0.4, 0.5) is 11.6 Å². The topological polar surface area (TPSA) is 98.1 Å². The highest BCUT2D eigenvalue weighted by Crippen LogP contribution is 2.26. The van der Waals surface area contributed by atoms with Crippen molar-refractivity contribution in [1.82, 2.24) is 14.8 Å². The number of amides is 2. The average Bonchev–Trinajstić information content (AvgIpc) is 2.95. The molecule has 120 valence electrons. The van der Waals surface area contributed by atoms with Gasteiger partial charge in [-0.3, -0.25) is 14.9 Å². The van der Waals surface area contributed by atoms with Crippen molar-refractivity contribution in [3.8, 4) is 5.75 Å². The Morgan fingerprint density at radius 3 is 3.13 bits per heavy atom. The zero-order valence-electron chi connectivity index (χ0n) is 12.9. The monoisotopic (exact) mass is 315 g/mol. The standard InChI is InChI=1S/C15H17N5O3/c1-9-3-4-12(23-2)11(5-9)18-13(21)6-10-7-20-15(16-8-17-20)19-14(10)22/h3-5,8,10H,6-7H2,1-2H3,(H,18,21)(H,16,17,19,22)/t10-/m1/s1. The second-order valence-electron chi connectivity index (χ2n) is 5.41. The lowest BCUT2D eigenvalue weighted by atomic mass is 10.0. The Bertz CT molecular complexity index is 755.